The molecule has 2 aromatic heterocycles. The number of nitrogens with zero attached hydrogens (tertiary/aromatic N) is 3. The lowest BCUT2D eigenvalue weighted by Crippen LogP contribution is -1.99. The fourth-order valence-corrected chi connectivity index (χ4v) is 2.07. The molecule has 0 saturated heterocycles. The zero-order chi connectivity index (χ0) is 13.5. The highest BCUT2D eigenvalue weighted by Crippen LogP contribution is 2.28. The average molecular weight is 277 g/mol. The zero-order valence-corrected chi connectivity index (χ0v) is 12.0. The zero-order valence-electron chi connectivity index (χ0n) is 11.1. The highest BCUT2D eigenvalue weighted by molar-refractivity contribution is 7.78. The number of ether oxygens (including phenoxy) is 1. The molecule has 0 aliphatic rings. The van der Waals surface area contributed by atoms with Crippen LogP contribution in [0.5, 0.6) is 5.88 Å². The highest BCUT2D eigenvalue weighted by Gasteiger charge is 2.11. The fourth-order valence-electron chi connectivity index (χ4n) is 1.87. The molecule has 4 nitrogen and oxygen atoms in total. The van der Waals surface area contributed by atoms with Crippen molar-refractivity contribution >= 4 is 12.8 Å². The van der Waals surface area contributed by atoms with Crippen molar-refractivity contribution in [1.82, 2.24) is 14.2 Å². The van der Waals surface area contributed by atoms with Crippen LogP contribution in [-0.4, -0.2) is 20.8 Å². The standard InChI is InChI=1S/C14H19N3OS/c1-2-3-4-5-9-18-14-13(11-17(19)16-14)12-7-6-8-15-10-12/h6-8,10-11,19H,2-5,9H2,1H3. The van der Waals surface area contributed by atoms with Crippen LogP contribution in [0.4, 0.5) is 0 Å². The van der Waals surface area contributed by atoms with Gasteiger partial charge in [0.1, 0.15) is 0 Å². The van der Waals surface area contributed by atoms with E-state index in [1.54, 1.807) is 12.4 Å². The Morgan fingerprint density at radius 3 is 2.95 bits per heavy atom. The van der Waals surface area contributed by atoms with Crippen LogP contribution in [0.1, 0.15) is 32.6 Å². The summed E-state index contributed by atoms with van der Waals surface area (Å²) in [5.41, 5.74) is 1.92. The molecule has 19 heavy (non-hydrogen) atoms. The molecule has 2 aromatic rings. The van der Waals surface area contributed by atoms with Crippen LogP contribution in [0.15, 0.2) is 30.7 Å². The quantitative estimate of drug-likeness (QED) is 0.621. The minimum absolute atomic E-state index is 0.625. The third-order valence-corrected chi connectivity index (χ3v) is 3.08. The molecule has 0 unspecified atom stereocenters. The molecule has 0 atom stereocenters. The maximum atomic E-state index is 5.75. The van der Waals surface area contributed by atoms with Gasteiger partial charge in [-0.2, -0.15) is 0 Å². The molecular formula is C14H19N3OS. The summed E-state index contributed by atoms with van der Waals surface area (Å²) < 4.78 is 7.23. The predicted octanol–water partition coefficient (Wildman–Crippen LogP) is 3.60. The minimum atomic E-state index is 0.625. The molecule has 102 valence electrons. The third-order valence-electron chi connectivity index (χ3n) is 2.88. The summed E-state index contributed by atoms with van der Waals surface area (Å²) in [4.78, 5) is 4.11. The molecule has 0 amide bonds. The van der Waals surface area contributed by atoms with Gasteiger partial charge < -0.3 is 4.74 Å². The van der Waals surface area contributed by atoms with Gasteiger partial charge in [0.25, 0.3) is 0 Å². The van der Waals surface area contributed by atoms with E-state index in [-0.39, 0.29) is 0 Å². The minimum Gasteiger partial charge on any atom is -0.476 e. The Bertz CT molecular complexity index is 499. The van der Waals surface area contributed by atoms with E-state index in [2.05, 4.69) is 29.8 Å². The largest absolute Gasteiger partial charge is 0.476 e. The van der Waals surface area contributed by atoms with Crippen LogP contribution in [-0.2, 0) is 0 Å². The summed E-state index contributed by atoms with van der Waals surface area (Å²) >= 11 is 4.21. The van der Waals surface area contributed by atoms with Crippen LogP contribution in [0.3, 0.4) is 0 Å². The van der Waals surface area contributed by atoms with E-state index in [4.69, 9.17) is 4.74 Å². The number of hydrogen-bond donors (Lipinski definition) is 1. The lowest BCUT2D eigenvalue weighted by molar-refractivity contribution is 0.294. The molecule has 0 spiro atoms. The van der Waals surface area contributed by atoms with Gasteiger partial charge >= 0.3 is 0 Å². The van der Waals surface area contributed by atoms with Crippen LogP contribution in [0, 0.1) is 0 Å². The maximum absolute atomic E-state index is 5.75. The number of rotatable bonds is 7. The van der Waals surface area contributed by atoms with Gasteiger partial charge in [0.15, 0.2) is 0 Å². The monoisotopic (exact) mass is 277 g/mol. The van der Waals surface area contributed by atoms with Crippen molar-refractivity contribution < 1.29 is 4.74 Å². The summed E-state index contributed by atoms with van der Waals surface area (Å²) in [7, 11) is 0. The van der Waals surface area contributed by atoms with Crippen molar-refractivity contribution in [2.24, 2.45) is 0 Å². The van der Waals surface area contributed by atoms with Crippen molar-refractivity contribution in [3.8, 4) is 17.0 Å². The molecule has 0 aromatic carbocycles. The number of pyridine rings is 1. The van der Waals surface area contributed by atoms with Gasteiger partial charge in [-0.1, -0.05) is 32.3 Å². The first-order valence-electron chi connectivity index (χ1n) is 6.63. The second-order valence-corrected chi connectivity index (χ2v) is 4.83. The number of thiol groups is 1. The SMILES string of the molecule is CCCCCCOc1nn(S)cc1-c1cccnc1. The second-order valence-electron chi connectivity index (χ2n) is 4.42. The first-order chi connectivity index (χ1) is 9.31. The van der Waals surface area contributed by atoms with Crippen LogP contribution >= 0.6 is 12.8 Å². The van der Waals surface area contributed by atoms with Crippen molar-refractivity contribution in [2.45, 2.75) is 32.6 Å². The molecule has 0 bridgehead atoms. The Kier molecular flexibility index (Phi) is 5.27. The lowest BCUT2D eigenvalue weighted by atomic mass is 10.1. The number of unbranched alkanes of at least 4 members (excludes halogenated alkanes) is 3. The van der Waals surface area contributed by atoms with Gasteiger partial charge in [0.2, 0.25) is 5.88 Å². The Morgan fingerprint density at radius 1 is 1.32 bits per heavy atom. The summed E-state index contributed by atoms with van der Waals surface area (Å²) in [6.07, 6.45) is 10.1. The number of hydrogen-bond acceptors (Lipinski definition) is 4. The van der Waals surface area contributed by atoms with E-state index < -0.39 is 0 Å². The van der Waals surface area contributed by atoms with Crippen LogP contribution < -0.4 is 4.74 Å². The molecule has 0 saturated carbocycles. The molecule has 0 fully saturated rings. The van der Waals surface area contributed by atoms with Gasteiger partial charge in [0, 0.05) is 24.2 Å². The smallest absolute Gasteiger partial charge is 0.241 e. The van der Waals surface area contributed by atoms with Crippen molar-refractivity contribution in [3.05, 3.63) is 30.7 Å². The van der Waals surface area contributed by atoms with E-state index in [0.29, 0.717) is 12.5 Å². The summed E-state index contributed by atoms with van der Waals surface area (Å²) in [6, 6.07) is 3.89. The van der Waals surface area contributed by atoms with E-state index in [1.807, 2.05) is 18.3 Å². The summed E-state index contributed by atoms with van der Waals surface area (Å²) in [6.45, 7) is 2.89. The molecule has 0 radical (unpaired) electrons. The van der Waals surface area contributed by atoms with Gasteiger partial charge in [-0.25, -0.2) is 4.09 Å². The molecule has 0 aliphatic heterocycles. The van der Waals surface area contributed by atoms with Gasteiger partial charge in [-0.15, -0.1) is 5.10 Å². The van der Waals surface area contributed by atoms with E-state index in [0.717, 1.165) is 17.5 Å². The highest BCUT2D eigenvalue weighted by atomic mass is 32.1. The molecular weight excluding hydrogens is 258 g/mol. The summed E-state index contributed by atoms with van der Waals surface area (Å²) in [5, 5.41) is 4.24. The first-order valence-corrected chi connectivity index (χ1v) is 7.03. The fraction of sp³-hybridized carbons (Fsp3) is 0.429. The van der Waals surface area contributed by atoms with Gasteiger partial charge in [-0.05, 0) is 25.3 Å². The summed E-state index contributed by atoms with van der Waals surface area (Å²) in [5.74, 6) is 0.625. The Morgan fingerprint density at radius 2 is 2.21 bits per heavy atom. The third kappa shape index (κ3) is 3.99. The molecule has 0 aliphatic carbocycles. The van der Waals surface area contributed by atoms with Gasteiger partial charge in [-0.3, -0.25) is 4.98 Å². The molecule has 5 heteroatoms. The van der Waals surface area contributed by atoms with Crippen molar-refractivity contribution in [1.29, 1.82) is 0 Å². The van der Waals surface area contributed by atoms with Crippen molar-refractivity contribution in [2.75, 3.05) is 6.61 Å². The maximum Gasteiger partial charge on any atom is 0.241 e. The molecule has 2 heterocycles. The van der Waals surface area contributed by atoms with Crippen molar-refractivity contribution in [3.63, 3.8) is 0 Å². The molecule has 0 N–H and O–H groups in total. The lowest BCUT2D eigenvalue weighted by Gasteiger charge is -2.05. The van der Waals surface area contributed by atoms with Crippen LogP contribution in [0.2, 0.25) is 0 Å². The predicted molar refractivity (Wildman–Crippen MR) is 79.5 cm³/mol. The second kappa shape index (κ2) is 7.19. The average Bonchev–Trinajstić information content (AvgIpc) is 2.81. The normalized spacial score (nSPS) is 10.6. The Balaban J connectivity index is 2.01. The van der Waals surface area contributed by atoms with E-state index in [9.17, 15) is 0 Å². The molecule has 2 rings (SSSR count). The number of aromatic nitrogens is 3. The van der Waals surface area contributed by atoms with E-state index in [1.165, 1.54) is 23.3 Å². The first kappa shape index (κ1) is 13.9. The van der Waals surface area contributed by atoms with Gasteiger partial charge in [0.05, 0.1) is 12.2 Å². The Hall–Kier alpha value is -1.49. The Labute approximate surface area is 119 Å². The topological polar surface area (TPSA) is 39.9 Å². The van der Waals surface area contributed by atoms with Crippen LogP contribution in [0.25, 0.3) is 11.1 Å². The van der Waals surface area contributed by atoms with E-state index >= 15 is 0 Å².